The molecular weight excluding hydrogens is 214 g/mol. The summed E-state index contributed by atoms with van der Waals surface area (Å²) >= 11 is 0. The maximum atomic E-state index is 6.13. The minimum Gasteiger partial charge on any atom is -0.266 e. The van der Waals surface area contributed by atoms with Crippen molar-refractivity contribution in [2.45, 2.75) is 6.29 Å². The van der Waals surface area contributed by atoms with Gasteiger partial charge >= 0.3 is 0 Å². The molecule has 2 atom stereocenters. The molecule has 88 valence electrons. The van der Waals surface area contributed by atoms with Gasteiger partial charge in [-0.15, -0.1) is 4.59 Å². The summed E-state index contributed by atoms with van der Waals surface area (Å²) in [5, 5.41) is 6.59. The molecule has 3 rings (SSSR count). The van der Waals surface area contributed by atoms with Crippen LogP contribution in [0.4, 0.5) is 0 Å². The second-order valence-electron chi connectivity index (χ2n) is 4.54. The number of quaternary nitrogens is 1. The third-order valence-electron chi connectivity index (χ3n) is 3.35. The Kier molecular flexibility index (Phi) is 2.09. The number of benzene rings is 1. The highest BCUT2D eigenvalue weighted by Crippen LogP contribution is 2.30. The van der Waals surface area contributed by atoms with Crippen molar-refractivity contribution in [2.75, 3.05) is 14.1 Å². The summed E-state index contributed by atoms with van der Waals surface area (Å²) in [6.45, 7) is 0. The van der Waals surface area contributed by atoms with Crippen LogP contribution < -0.4 is 11.2 Å². The van der Waals surface area contributed by atoms with E-state index in [9.17, 15) is 0 Å². The molecule has 0 aliphatic carbocycles. The Labute approximate surface area is 100 Å². The molecule has 0 radical (unpaired) electrons. The van der Waals surface area contributed by atoms with E-state index in [1.165, 1.54) is 0 Å². The predicted molar refractivity (Wildman–Crippen MR) is 66.1 cm³/mol. The highest BCUT2D eigenvalue weighted by molar-refractivity contribution is 6.09. The van der Waals surface area contributed by atoms with Crippen LogP contribution in [0.5, 0.6) is 0 Å². The molecule has 2 heterocycles. The summed E-state index contributed by atoms with van der Waals surface area (Å²) in [5.74, 6) is 1.01. The molecule has 1 saturated heterocycles. The zero-order chi connectivity index (χ0) is 12.0. The summed E-state index contributed by atoms with van der Waals surface area (Å²) in [5.41, 5.74) is 11.4. The Morgan fingerprint density at radius 3 is 2.71 bits per heavy atom. The summed E-state index contributed by atoms with van der Waals surface area (Å²) in [4.78, 5) is 0. The summed E-state index contributed by atoms with van der Waals surface area (Å²) in [7, 11) is 3.92. The van der Waals surface area contributed by atoms with Gasteiger partial charge in [-0.2, -0.15) is 5.01 Å². The maximum Gasteiger partial charge on any atom is 0.247 e. The van der Waals surface area contributed by atoms with Crippen molar-refractivity contribution < 1.29 is 4.59 Å². The van der Waals surface area contributed by atoms with Gasteiger partial charge in [0.15, 0.2) is 0 Å². The van der Waals surface area contributed by atoms with Crippen molar-refractivity contribution >= 4 is 5.71 Å². The molecule has 3 N–H and O–H groups in total. The van der Waals surface area contributed by atoms with Gasteiger partial charge in [-0.3, -0.25) is 11.2 Å². The van der Waals surface area contributed by atoms with E-state index in [-0.39, 0.29) is 6.29 Å². The van der Waals surface area contributed by atoms with Gasteiger partial charge in [-0.05, 0) is 0 Å². The van der Waals surface area contributed by atoms with Crippen LogP contribution >= 0.6 is 0 Å². The van der Waals surface area contributed by atoms with Crippen molar-refractivity contribution in [3.63, 3.8) is 0 Å². The molecule has 1 aromatic rings. The van der Waals surface area contributed by atoms with E-state index in [2.05, 4.69) is 23.6 Å². The van der Waals surface area contributed by atoms with Gasteiger partial charge < -0.3 is 0 Å². The smallest absolute Gasteiger partial charge is 0.247 e. The number of hydrogen-bond donors (Lipinski definition) is 2. The lowest BCUT2D eigenvalue weighted by molar-refractivity contribution is -0.899. The second kappa shape index (κ2) is 3.40. The Bertz CT molecular complexity index is 507. The van der Waals surface area contributed by atoms with E-state index in [1.807, 2.05) is 37.3 Å². The summed E-state index contributed by atoms with van der Waals surface area (Å²) in [6, 6.07) is 10.1. The molecule has 1 fully saturated rings. The van der Waals surface area contributed by atoms with E-state index in [0.717, 1.165) is 17.1 Å². The summed E-state index contributed by atoms with van der Waals surface area (Å²) in [6.07, 6.45) is 1.86. The molecule has 17 heavy (non-hydrogen) atoms. The Morgan fingerprint density at radius 2 is 2.06 bits per heavy atom. The fourth-order valence-electron chi connectivity index (χ4n) is 2.24. The van der Waals surface area contributed by atoms with Gasteiger partial charge in [-0.1, -0.05) is 35.4 Å². The molecule has 5 heteroatoms. The van der Waals surface area contributed by atoms with Crippen molar-refractivity contribution in [3.05, 3.63) is 47.8 Å². The fraction of sp³-hybridized carbons (Fsp3) is 0.250. The van der Waals surface area contributed by atoms with Crippen molar-refractivity contribution in [2.24, 2.45) is 10.8 Å². The van der Waals surface area contributed by atoms with E-state index in [4.69, 9.17) is 10.8 Å². The van der Waals surface area contributed by atoms with Crippen LogP contribution in [0.3, 0.4) is 0 Å². The second-order valence-corrected chi connectivity index (χ2v) is 4.54. The van der Waals surface area contributed by atoms with Crippen LogP contribution in [0.2, 0.25) is 0 Å². The topological polar surface area (TPSA) is 53.6 Å². The van der Waals surface area contributed by atoms with Crippen molar-refractivity contribution in [1.82, 2.24) is 10.4 Å². The third kappa shape index (κ3) is 1.40. The largest absolute Gasteiger partial charge is 0.266 e. The quantitative estimate of drug-likeness (QED) is 0.686. The van der Waals surface area contributed by atoms with Crippen LogP contribution in [0.25, 0.3) is 0 Å². The van der Waals surface area contributed by atoms with Crippen LogP contribution in [0.1, 0.15) is 5.56 Å². The standard InChI is InChI=1S/C12H16N5/c1-16-12(13)17(2)11(14-16)8-10(15-17)9-6-4-3-5-7-9/h3-8,12,14H,13H2,1-2H3/q+1. The minimum absolute atomic E-state index is 0.192. The fourth-order valence-corrected chi connectivity index (χ4v) is 2.24. The molecule has 0 amide bonds. The first-order valence-electron chi connectivity index (χ1n) is 5.60. The number of hydrogen-bond acceptors (Lipinski definition) is 4. The number of nitrogens with two attached hydrogens (primary N) is 1. The number of nitrogens with zero attached hydrogens (tertiary/aromatic N) is 3. The van der Waals surface area contributed by atoms with Gasteiger partial charge in [0.25, 0.3) is 0 Å². The zero-order valence-electron chi connectivity index (χ0n) is 9.96. The Morgan fingerprint density at radius 1 is 1.35 bits per heavy atom. The van der Waals surface area contributed by atoms with Gasteiger partial charge in [0.1, 0.15) is 12.8 Å². The number of hydrazine groups is 1. The number of allylic oxidation sites excluding steroid dienone is 1. The normalized spacial score (nSPS) is 31.8. The van der Waals surface area contributed by atoms with Crippen LogP contribution in [-0.4, -0.2) is 35.7 Å². The van der Waals surface area contributed by atoms with E-state index < -0.39 is 0 Å². The number of fused-ring (bicyclic) bond motifs is 1. The predicted octanol–water partition coefficient (Wildman–Crippen LogP) is 0.385. The average molecular weight is 230 g/mol. The van der Waals surface area contributed by atoms with Crippen LogP contribution in [0, 0.1) is 0 Å². The molecule has 0 aromatic heterocycles. The zero-order valence-corrected chi connectivity index (χ0v) is 9.96. The molecular formula is C12H16N5+. The van der Waals surface area contributed by atoms with Crippen molar-refractivity contribution in [1.29, 1.82) is 0 Å². The lowest BCUT2D eigenvalue weighted by atomic mass is 10.1. The lowest BCUT2D eigenvalue weighted by Crippen LogP contribution is -2.52. The Balaban J connectivity index is 2.02. The Hall–Kier alpha value is -1.69. The molecule has 0 saturated carbocycles. The average Bonchev–Trinajstić information content (AvgIpc) is 2.77. The van der Waals surface area contributed by atoms with Gasteiger partial charge in [0, 0.05) is 12.6 Å². The monoisotopic (exact) mass is 230 g/mol. The lowest BCUT2D eigenvalue weighted by Gasteiger charge is -2.23. The molecule has 2 aliphatic rings. The van der Waals surface area contributed by atoms with Gasteiger partial charge in [-0.25, -0.2) is 0 Å². The first-order chi connectivity index (χ1) is 8.11. The minimum atomic E-state index is -0.192. The molecule has 0 spiro atoms. The van der Waals surface area contributed by atoms with Crippen LogP contribution in [-0.2, 0) is 0 Å². The van der Waals surface area contributed by atoms with E-state index in [1.54, 1.807) is 0 Å². The molecule has 2 unspecified atom stereocenters. The maximum absolute atomic E-state index is 6.13. The highest BCUT2D eigenvalue weighted by atomic mass is 15.9. The molecule has 2 aliphatic heterocycles. The highest BCUT2D eigenvalue weighted by Gasteiger charge is 2.49. The third-order valence-corrected chi connectivity index (χ3v) is 3.35. The first-order valence-corrected chi connectivity index (χ1v) is 5.60. The van der Waals surface area contributed by atoms with Gasteiger partial charge in [0.05, 0.1) is 6.08 Å². The summed E-state index contributed by atoms with van der Waals surface area (Å²) < 4.78 is 0.362. The van der Waals surface area contributed by atoms with E-state index >= 15 is 0 Å². The van der Waals surface area contributed by atoms with Crippen LogP contribution in [0.15, 0.2) is 47.3 Å². The first kappa shape index (κ1) is 10.5. The number of rotatable bonds is 1. The molecule has 0 bridgehead atoms. The molecule has 1 aromatic carbocycles. The van der Waals surface area contributed by atoms with Crippen molar-refractivity contribution in [3.8, 4) is 0 Å². The number of nitrogens with one attached hydrogen (secondary N) is 1. The van der Waals surface area contributed by atoms with Gasteiger partial charge in [0.2, 0.25) is 12.1 Å². The molecule has 5 nitrogen and oxygen atoms in total. The van der Waals surface area contributed by atoms with E-state index in [0.29, 0.717) is 4.59 Å². The SMILES string of the molecule is CN1NC2=CC(c3ccccc3)=N[N+]2(C)C1N.